The van der Waals surface area contributed by atoms with Gasteiger partial charge in [0.2, 0.25) is 12.5 Å². The zero-order valence-corrected chi connectivity index (χ0v) is 10.2. The van der Waals surface area contributed by atoms with Crippen LogP contribution in [-0.4, -0.2) is 24.4 Å². The van der Waals surface area contributed by atoms with Crippen LogP contribution < -0.4 is 19.5 Å². The molecule has 19 heavy (non-hydrogen) atoms. The number of amides is 1. The van der Waals surface area contributed by atoms with Gasteiger partial charge in [-0.1, -0.05) is 6.92 Å². The van der Waals surface area contributed by atoms with Crippen LogP contribution in [0, 0.1) is 10.1 Å². The van der Waals surface area contributed by atoms with Gasteiger partial charge in [0.1, 0.15) is 0 Å². The van der Waals surface area contributed by atoms with Crippen molar-refractivity contribution < 1.29 is 23.9 Å². The molecule has 1 heterocycles. The van der Waals surface area contributed by atoms with Gasteiger partial charge in [-0.05, 0) is 6.42 Å². The number of carbonyl (C=O) groups is 1. The van der Waals surface area contributed by atoms with E-state index in [1.54, 1.807) is 0 Å². The van der Waals surface area contributed by atoms with Crippen LogP contribution in [-0.2, 0) is 0 Å². The van der Waals surface area contributed by atoms with Crippen molar-refractivity contribution in [3.63, 3.8) is 0 Å². The fourth-order valence-corrected chi connectivity index (χ4v) is 1.50. The van der Waals surface area contributed by atoms with Gasteiger partial charge in [0.15, 0.2) is 11.5 Å². The maximum Gasteiger partial charge on any atom is 0.412 e. The molecule has 2 rings (SSSR count). The smallest absolute Gasteiger partial charge is 0.412 e. The number of nitro benzene ring substituents is 1. The van der Waals surface area contributed by atoms with Crippen molar-refractivity contribution in [2.45, 2.75) is 13.3 Å². The highest BCUT2D eigenvalue weighted by atomic mass is 16.7. The van der Waals surface area contributed by atoms with E-state index in [9.17, 15) is 14.9 Å². The van der Waals surface area contributed by atoms with Gasteiger partial charge in [0.25, 0.3) is 0 Å². The molecule has 0 atom stereocenters. The lowest BCUT2D eigenvalue weighted by Gasteiger charge is -2.07. The van der Waals surface area contributed by atoms with E-state index in [1.807, 2.05) is 6.92 Å². The average molecular weight is 268 g/mol. The first kappa shape index (κ1) is 12.9. The molecule has 1 N–H and O–H groups in total. The topological polar surface area (TPSA) is 99.9 Å². The van der Waals surface area contributed by atoms with Crippen molar-refractivity contribution in [2.75, 3.05) is 13.3 Å². The Kier molecular flexibility index (Phi) is 3.69. The normalized spacial score (nSPS) is 12.1. The molecule has 8 heteroatoms. The first-order valence-electron chi connectivity index (χ1n) is 5.65. The van der Waals surface area contributed by atoms with Gasteiger partial charge in [0.05, 0.1) is 11.0 Å². The Balaban J connectivity index is 2.23. The highest BCUT2D eigenvalue weighted by molar-refractivity contribution is 5.73. The first-order chi connectivity index (χ1) is 9.11. The van der Waals surface area contributed by atoms with E-state index >= 15 is 0 Å². The summed E-state index contributed by atoms with van der Waals surface area (Å²) >= 11 is 0. The fourth-order valence-electron chi connectivity index (χ4n) is 1.50. The van der Waals surface area contributed by atoms with Gasteiger partial charge in [-0.15, -0.1) is 0 Å². The van der Waals surface area contributed by atoms with Crippen LogP contribution in [0.4, 0.5) is 10.5 Å². The Labute approximate surface area is 108 Å². The summed E-state index contributed by atoms with van der Waals surface area (Å²) in [6, 6.07) is 2.44. The lowest BCUT2D eigenvalue weighted by Crippen LogP contribution is -2.27. The van der Waals surface area contributed by atoms with Gasteiger partial charge in [0, 0.05) is 12.6 Å². The van der Waals surface area contributed by atoms with Crippen LogP contribution in [0.25, 0.3) is 0 Å². The average Bonchev–Trinajstić information content (AvgIpc) is 2.82. The summed E-state index contributed by atoms with van der Waals surface area (Å²) in [6.07, 6.45) is -0.0120. The summed E-state index contributed by atoms with van der Waals surface area (Å²) in [5.74, 6) is 0.389. The molecule has 1 aliphatic rings. The Hall–Kier alpha value is -2.51. The van der Waals surface area contributed by atoms with E-state index in [0.717, 1.165) is 6.42 Å². The molecule has 1 amide bonds. The standard InChI is InChI=1S/C11H12N2O6/c1-2-3-12-11(14)19-8-5-10-9(17-6-18-10)4-7(8)13(15)16/h4-5H,2-3,6H2,1H3,(H,12,14). The van der Waals surface area contributed by atoms with Crippen molar-refractivity contribution in [2.24, 2.45) is 0 Å². The molecule has 8 nitrogen and oxygen atoms in total. The first-order valence-corrected chi connectivity index (χ1v) is 5.65. The third kappa shape index (κ3) is 2.84. The molecule has 0 aromatic heterocycles. The number of nitrogens with zero attached hydrogens (tertiary/aromatic N) is 1. The summed E-state index contributed by atoms with van der Waals surface area (Å²) < 4.78 is 15.0. The Bertz CT molecular complexity index is 516. The second-order valence-electron chi connectivity index (χ2n) is 3.75. The summed E-state index contributed by atoms with van der Waals surface area (Å²) in [7, 11) is 0. The van der Waals surface area contributed by atoms with E-state index in [0.29, 0.717) is 12.3 Å². The maximum atomic E-state index is 11.4. The van der Waals surface area contributed by atoms with Gasteiger partial charge < -0.3 is 19.5 Å². The zero-order chi connectivity index (χ0) is 13.8. The summed E-state index contributed by atoms with van der Waals surface area (Å²) in [5, 5.41) is 13.4. The minimum atomic E-state index is -0.746. The lowest BCUT2D eigenvalue weighted by atomic mass is 10.2. The van der Waals surface area contributed by atoms with Gasteiger partial charge >= 0.3 is 11.8 Å². The Morgan fingerprint density at radius 3 is 2.79 bits per heavy atom. The molecule has 1 aliphatic heterocycles. The zero-order valence-electron chi connectivity index (χ0n) is 10.2. The molecule has 0 saturated heterocycles. The number of benzene rings is 1. The number of nitro groups is 1. The van der Waals surface area contributed by atoms with Crippen molar-refractivity contribution in [3.05, 3.63) is 22.2 Å². The van der Waals surface area contributed by atoms with E-state index < -0.39 is 11.0 Å². The SMILES string of the molecule is CCCNC(=O)Oc1cc2c(cc1[N+](=O)[O-])OCO2. The number of nitrogens with one attached hydrogen (secondary N) is 1. The van der Waals surface area contributed by atoms with Crippen LogP contribution in [0.5, 0.6) is 17.2 Å². The highest BCUT2D eigenvalue weighted by Gasteiger charge is 2.25. The van der Waals surface area contributed by atoms with Crippen LogP contribution >= 0.6 is 0 Å². The van der Waals surface area contributed by atoms with E-state index in [1.165, 1.54) is 12.1 Å². The van der Waals surface area contributed by atoms with E-state index in [4.69, 9.17) is 14.2 Å². The molecule has 0 fully saturated rings. The summed E-state index contributed by atoms with van der Waals surface area (Å²) in [5.41, 5.74) is -0.351. The molecule has 0 bridgehead atoms. The molecule has 0 unspecified atom stereocenters. The number of hydrogen-bond donors (Lipinski definition) is 1. The number of carbonyl (C=O) groups excluding carboxylic acids is 1. The van der Waals surface area contributed by atoms with Crippen molar-refractivity contribution in [3.8, 4) is 17.2 Å². The molecule has 102 valence electrons. The lowest BCUT2D eigenvalue weighted by molar-refractivity contribution is -0.385. The van der Waals surface area contributed by atoms with Gasteiger partial charge in [-0.25, -0.2) is 4.79 Å². The molecular weight excluding hydrogens is 256 g/mol. The Morgan fingerprint density at radius 1 is 1.47 bits per heavy atom. The number of ether oxygens (including phenoxy) is 3. The molecular formula is C11H12N2O6. The second kappa shape index (κ2) is 5.42. The highest BCUT2D eigenvalue weighted by Crippen LogP contribution is 2.41. The van der Waals surface area contributed by atoms with Crippen molar-refractivity contribution in [1.29, 1.82) is 0 Å². The van der Waals surface area contributed by atoms with Crippen LogP contribution in [0.3, 0.4) is 0 Å². The third-order valence-corrected chi connectivity index (χ3v) is 2.37. The van der Waals surface area contributed by atoms with Gasteiger partial charge in [-0.2, -0.15) is 0 Å². The van der Waals surface area contributed by atoms with Crippen LogP contribution in [0.1, 0.15) is 13.3 Å². The maximum absolute atomic E-state index is 11.4. The van der Waals surface area contributed by atoms with E-state index in [2.05, 4.69) is 5.32 Å². The number of rotatable bonds is 4. The molecule has 1 aromatic rings. The minimum Gasteiger partial charge on any atom is -0.453 e. The van der Waals surface area contributed by atoms with Crippen LogP contribution in [0.15, 0.2) is 12.1 Å². The molecule has 0 radical (unpaired) electrons. The van der Waals surface area contributed by atoms with Crippen molar-refractivity contribution >= 4 is 11.8 Å². The molecule has 1 aromatic carbocycles. The fraction of sp³-hybridized carbons (Fsp3) is 0.364. The minimum absolute atomic E-state index is 0.0159. The molecule has 0 spiro atoms. The van der Waals surface area contributed by atoms with Gasteiger partial charge in [-0.3, -0.25) is 10.1 Å². The second-order valence-corrected chi connectivity index (χ2v) is 3.75. The predicted octanol–water partition coefficient (Wildman–Crippen LogP) is 1.82. The molecule has 0 aliphatic carbocycles. The summed E-state index contributed by atoms with van der Waals surface area (Å²) in [4.78, 5) is 21.7. The van der Waals surface area contributed by atoms with Crippen molar-refractivity contribution in [1.82, 2.24) is 5.32 Å². The molecule has 0 saturated carbocycles. The predicted molar refractivity (Wildman–Crippen MR) is 63.5 cm³/mol. The third-order valence-electron chi connectivity index (χ3n) is 2.37. The quantitative estimate of drug-likeness (QED) is 0.660. The number of fused-ring (bicyclic) bond motifs is 1. The summed E-state index contributed by atoms with van der Waals surface area (Å²) in [6.45, 7) is 2.29. The number of hydrogen-bond acceptors (Lipinski definition) is 6. The van der Waals surface area contributed by atoms with Crippen LogP contribution in [0.2, 0.25) is 0 Å². The monoisotopic (exact) mass is 268 g/mol. The Morgan fingerprint density at radius 2 is 2.16 bits per heavy atom. The van der Waals surface area contributed by atoms with E-state index in [-0.39, 0.29) is 24.0 Å². The largest absolute Gasteiger partial charge is 0.453 e.